The molecule has 0 amide bonds. The molecule has 0 aliphatic heterocycles. The van der Waals surface area contributed by atoms with Gasteiger partial charge in [-0.15, -0.1) is 0 Å². The zero-order chi connectivity index (χ0) is 8.39. The van der Waals surface area contributed by atoms with Crippen LogP contribution in [0.3, 0.4) is 0 Å². The molecular formula is C11H12O. The first-order valence-electron chi connectivity index (χ1n) is 4.30. The summed E-state index contributed by atoms with van der Waals surface area (Å²) in [5.41, 5.74) is 0. The van der Waals surface area contributed by atoms with Gasteiger partial charge in [-0.1, -0.05) is 36.4 Å². The van der Waals surface area contributed by atoms with Gasteiger partial charge in [-0.05, 0) is 23.3 Å². The Kier molecular flexibility index (Phi) is 1.96. The Bertz CT molecular complexity index is 341. The van der Waals surface area contributed by atoms with Crippen LogP contribution in [0.15, 0.2) is 24.3 Å². The van der Waals surface area contributed by atoms with E-state index in [0.29, 0.717) is 0 Å². The SMILES string of the molecule is OC1CC=c2ccccc2=CC1. The molecule has 0 bridgehead atoms. The van der Waals surface area contributed by atoms with E-state index in [9.17, 15) is 5.11 Å². The van der Waals surface area contributed by atoms with E-state index in [-0.39, 0.29) is 6.10 Å². The fourth-order valence-corrected chi connectivity index (χ4v) is 1.50. The number of hydrogen-bond donors (Lipinski definition) is 1. The second-order valence-corrected chi connectivity index (χ2v) is 3.16. The zero-order valence-corrected chi connectivity index (χ0v) is 6.90. The molecule has 1 aromatic rings. The first kappa shape index (κ1) is 7.56. The van der Waals surface area contributed by atoms with Crippen molar-refractivity contribution in [3.8, 4) is 0 Å². The molecule has 1 aromatic carbocycles. The first-order valence-corrected chi connectivity index (χ1v) is 4.30. The molecule has 1 N–H and O–H groups in total. The lowest BCUT2D eigenvalue weighted by atomic mass is 10.2. The van der Waals surface area contributed by atoms with Gasteiger partial charge >= 0.3 is 0 Å². The van der Waals surface area contributed by atoms with E-state index in [2.05, 4.69) is 24.3 Å². The molecule has 1 aliphatic rings. The Balaban J connectivity index is 2.61. The summed E-state index contributed by atoms with van der Waals surface area (Å²) < 4.78 is 0. The molecule has 0 aromatic heterocycles. The second kappa shape index (κ2) is 3.11. The monoisotopic (exact) mass is 160 g/mol. The average molecular weight is 160 g/mol. The lowest BCUT2D eigenvalue weighted by Crippen LogP contribution is -2.22. The first-order chi connectivity index (χ1) is 5.86. The average Bonchev–Trinajstić information content (AvgIpc) is 2.29. The number of fused-ring (bicyclic) bond motifs is 1. The predicted molar refractivity (Wildman–Crippen MR) is 49.9 cm³/mol. The quantitative estimate of drug-likeness (QED) is 0.582. The minimum atomic E-state index is -0.197. The van der Waals surface area contributed by atoms with Gasteiger partial charge in [-0.3, -0.25) is 0 Å². The van der Waals surface area contributed by atoms with Crippen LogP contribution in [0, 0.1) is 0 Å². The van der Waals surface area contributed by atoms with Crippen molar-refractivity contribution in [1.29, 1.82) is 0 Å². The van der Waals surface area contributed by atoms with Gasteiger partial charge in [0.05, 0.1) is 6.10 Å². The largest absolute Gasteiger partial charge is 0.392 e. The van der Waals surface area contributed by atoms with E-state index >= 15 is 0 Å². The summed E-state index contributed by atoms with van der Waals surface area (Å²) in [6.45, 7) is 0. The Morgan fingerprint density at radius 2 is 1.50 bits per heavy atom. The molecule has 0 atom stereocenters. The zero-order valence-electron chi connectivity index (χ0n) is 6.90. The Morgan fingerprint density at radius 1 is 1.00 bits per heavy atom. The van der Waals surface area contributed by atoms with Gasteiger partial charge in [0.1, 0.15) is 0 Å². The minimum Gasteiger partial charge on any atom is -0.392 e. The topological polar surface area (TPSA) is 20.2 Å². The normalized spacial score (nSPS) is 17.1. The van der Waals surface area contributed by atoms with Gasteiger partial charge in [0.15, 0.2) is 0 Å². The molecule has 2 rings (SSSR count). The van der Waals surface area contributed by atoms with Gasteiger partial charge in [0, 0.05) is 0 Å². The molecule has 1 aliphatic carbocycles. The van der Waals surface area contributed by atoms with Crippen LogP contribution in [0.2, 0.25) is 0 Å². The molecule has 0 unspecified atom stereocenters. The molecule has 0 radical (unpaired) electrons. The summed E-state index contributed by atoms with van der Waals surface area (Å²) >= 11 is 0. The number of benzene rings is 1. The standard InChI is InChI=1S/C11H12O/c12-11-7-5-9-3-1-2-4-10(9)6-8-11/h1-6,11-12H,7-8H2. The van der Waals surface area contributed by atoms with Crippen molar-refractivity contribution in [2.45, 2.75) is 18.9 Å². The Hall–Kier alpha value is -1.08. The number of aliphatic hydroxyl groups excluding tert-OH is 1. The summed E-state index contributed by atoms with van der Waals surface area (Å²) in [5, 5.41) is 11.9. The van der Waals surface area contributed by atoms with Crippen LogP contribution in [-0.4, -0.2) is 11.2 Å². The molecule has 1 heteroatoms. The third-order valence-corrected chi connectivity index (χ3v) is 2.22. The summed E-state index contributed by atoms with van der Waals surface area (Å²) in [6.07, 6.45) is 5.55. The molecule has 0 spiro atoms. The van der Waals surface area contributed by atoms with Crippen molar-refractivity contribution >= 4 is 12.2 Å². The lowest BCUT2D eigenvalue weighted by Gasteiger charge is -1.99. The summed E-state index contributed by atoms with van der Waals surface area (Å²) in [5.74, 6) is 0. The molecule has 0 saturated carbocycles. The summed E-state index contributed by atoms with van der Waals surface area (Å²) in [7, 11) is 0. The van der Waals surface area contributed by atoms with Gasteiger partial charge < -0.3 is 5.11 Å². The van der Waals surface area contributed by atoms with Gasteiger partial charge in [0.25, 0.3) is 0 Å². The maximum atomic E-state index is 9.40. The van der Waals surface area contributed by atoms with E-state index in [0.717, 1.165) is 12.8 Å². The minimum absolute atomic E-state index is 0.197. The van der Waals surface area contributed by atoms with Crippen LogP contribution in [-0.2, 0) is 0 Å². The maximum absolute atomic E-state index is 9.40. The van der Waals surface area contributed by atoms with Crippen molar-refractivity contribution in [2.24, 2.45) is 0 Å². The smallest absolute Gasteiger partial charge is 0.0609 e. The molecular weight excluding hydrogens is 148 g/mol. The number of aliphatic hydroxyl groups is 1. The van der Waals surface area contributed by atoms with Gasteiger partial charge in [-0.2, -0.15) is 0 Å². The highest BCUT2D eigenvalue weighted by Gasteiger charge is 2.01. The van der Waals surface area contributed by atoms with Crippen LogP contribution in [0.1, 0.15) is 12.8 Å². The predicted octanol–water partition coefficient (Wildman–Crippen LogP) is 0.402. The lowest BCUT2D eigenvalue weighted by molar-refractivity contribution is 0.189. The van der Waals surface area contributed by atoms with Gasteiger partial charge in [-0.25, -0.2) is 0 Å². The third kappa shape index (κ3) is 1.41. The van der Waals surface area contributed by atoms with E-state index in [1.54, 1.807) is 0 Å². The van der Waals surface area contributed by atoms with Gasteiger partial charge in [0.2, 0.25) is 0 Å². The van der Waals surface area contributed by atoms with Crippen LogP contribution in [0.25, 0.3) is 12.2 Å². The highest BCUT2D eigenvalue weighted by Crippen LogP contribution is 2.00. The summed E-state index contributed by atoms with van der Waals surface area (Å²) in [4.78, 5) is 0. The van der Waals surface area contributed by atoms with Crippen molar-refractivity contribution in [2.75, 3.05) is 0 Å². The molecule has 0 heterocycles. The van der Waals surface area contributed by atoms with Crippen LogP contribution in [0.5, 0.6) is 0 Å². The number of rotatable bonds is 0. The summed E-state index contributed by atoms with van der Waals surface area (Å²) in [6, 6.07) is 8.23. The Labute approximate surface area is 71.7 Å². The fourth-order valence-electron chi connectivity index (χ4n) is 1.50. The Morgan fingerprint density at radius 3 is 2.00 bits per heavy atom. The number of hydrogen-bond acceptors (Lipinski definition) is 1. The highest BCUT2D eigenvalue weighted by atomic mass is 16.3. The molecule has 1 nitrogen and oxygen atoms in total. The van der Waals surface area contributed by atoms with E-state index in [4.69, 9.17) is 0 Å². The van der Waals surface area contributed by atoms with Crippen molar-refractivity contribution in [3.05, 3.63) is 34.7 Å². The van der Waals surface area contributed by atoms with Crippen molar-refractivity contribution < 1.29 is 5.11 Å². The van der Waals surface area contributed by atoms with Crippen LogP contribution >= 0.6 is 0 Å². The maximum Gasteiger partial charge on any atom is 0.0609 e. The fraction of sp³-hybridized carbons (Fsp3) is 0.273. The molecule has 0 saturated heterocycles. The van der Waals surface area contributed by atoms with E-state index in [1.165, 1.54) is 10.4 Å². The van der Waals surface area contributed by atoms with E-state index < -0.39 is 0 Å². The molecule has 62 valence electrons. The van der Waals surface area contributed by atoms with Crippen molar-refractivity contribution in [3.63, 3.8) is 0 Å². The van der Waals surface area contributed by atoms with Crippen LogP contribution < -0.4 is 10.4 Å². The molecule has 0 fully saturated rings. The third-order valence-electron chi connectivity index (χ3n) is 2.22. The van der Waals surface area contributed by atoms with Crippen LogP contribution in [0.4, 0.5) is 0 Å². The van der Waals surface area contributed by atoms with Crippen molar-refractivity contribution in [1.82, 2.24) is 0 Å². The van der Waals surface area contributed by atoms with E-state index in [1.807, 2.05) is 12.1 Å². The second-order valence-electron chi connectivity index (χ2n) is 3.16. The molecule has 12 heavy (non-hydrogen) atoms. The highest BCUT2D eigenvalue weighted by molar-refractivity contribution is 5.35.